The second-order valence-corrected chi connectivity index (χ2v) is 5.44. The summed E-state index contributed by atoms with van der Waals surface area (Å²) < 4.78 is 14.1. The van der Waals surface area contributed by atoms with Gasteiger partial charge in [0, 0.05) is 5.39 Å². The SMILES string of the molecule is Cc1ccc(-c2[nH]c3c(C)ccc(F)c3c2C=O)cc1C. The minimum atomic E-state index is -0.371. The second kappa shape index (κ2) is 4.85. The van der Waals surface area contributed by atoms with Gasteiger partial charge in [0.05, 0.1) is 16.8 Å². The molecule has 0 aliphatic carbocycles. The van der Waals surface area contributed by atoms with Gasteiger partial charge in [0.15, 0.2) is 6.29 Å². The van der Waals surface area contributed by atoms with Crippen molar-refractivity contribution in [1.29, 1.82) is 0 Å². The summed E-state index contributed by atoms with van der Waals surface area (Å²) in [4.78, 5) is 14.7. The van der Waals surface area contributed by atoms with E-state index in [-0.39, 0.29) is 5.82 Å². The van der Waals surface area contributed by atoms with Crippen LogP contribution in [0.1, 0.15) is 27.0 Å². The smallest absolute Gasteiger partial charge is 0.152 e. The van der Waals surface area contributed by atoms with Gasteiger partial charge in [0.25, 0.3) is 0 Å². The fraction of sp³-hybridized carbons (Fsp3) is 0.167. The Kier molecular flexibility index (Phi) is 3.13. The Morgan fingerprint density at radius 1 is 1.00 bits per heavy atom. The molecule has 3 aromatic rings. The molecule has 1 heterocycles. The number of rotatable bonds is 2. The molecule has 106 valence electrons. The van der Waals surface area contributed by atoms with Gasteiger partial charge >= 0.3 is 0 Å². The third-order valence-electron chi connectivity index (χ3n) is 4.06. The van der Waals surface area contributed by atoms with Crippen molar-refractivity contribution in [2.45, 2.75) is 20.8 Å². The molecule has 2 nitrogen and oxygen atoms in total. The number of H-pyrrole nitrogens is 1. The van der Waals surface area contributed by atoms with E-state index in [0.29, 0.717) is 22.2 Å². The molecule has 0 aliphatic rings. The summed E-state index contributed by atoms with van der Waals surface area (Å²) in [5, 5.41) is 0.373. The highest BCUT2D eigenvalue weighted by Gasteiger charge is 2.17. The van der Waals surface area contributed by atoms with Crippen molar-refractivity contribution in [3.63, 3.8) is 0 Å². The molecule has 0 fully saturated rings. The lowest BCUT2D eigenvalue weighted by atomic mass is 10.0. The Morgan fingerprint density at radius 2 is 1.71 bits per heavy atom. The molecule has 21 heavy (non-hydrogen) atoms. The van der Waals surface area contributed by atoms with Crippen molar-refractivity contribution >= 4 is 17.2 Å². The van der Waals surface area contributed by atoms with E-state index < -0.39 is 0 Å². The second-order valence-electron chi connectivity index (χ2n) is 5.44. The molecule has 0 bridgehead atoms. The summed E-state index contributed by atoms with van der Waals surface area (Å²) in [6, 6.07) is 9.09. The third-order valence-corrected chi connectivity index (χ3v) is 4.06. The molecular formula is C18H16FNO. The number of nitrogens with one attached hydrogen (secondary N) is 1. The first-order valence-electron chi connectivity index (χ1n) is 6.86. The topological polar surface area (TPSA) is 32.9 Å². The highest BCUT2D eigenvalue weighted by molar-refractivity contribution is 6.05. The minimum Gasteiger partial charge on any atom is -0.354 e. The normalized spacial score (nSPS) is 11.0. The number of halogens is 1. The molecule has 0 atom stereocenters. The minimum absolute atomic E-state index is 0.371. The molecule has 3 heteroatoms. The van der Waals surface area contributed by atoms with Crippen molar-refractivity contribution in [3.8, 4) is 11.3 Å². The Morgan fingerprint density at radius 3 is 2.38 bits per heavy atom. The molecule has 2 aromatic carbocycles. The predicted molar refractivity (Wildman–Crippen MR) is 83.3 cm³/mol. The maximum Gasteiger partial charge on any atom is 0.152 e. The zero-order valence-electron chi connectivity index (χ0n) is 12.3. The van der Waals surface area contributed by atoms with E-state index in [1.165, 1.54) is 11.6 Å². The van der Waals surface area contributed by atoms with Crippen molar-refractivity contribution in [1.82, 2.24) is 4.98 Å². The fourth-order valence-electron chi connectivity index (χ4n) is 2.67. The van der Waals surface area contributed by atoms with Crippen LogP contribution in [0.4, 0.5) is 4.39 Å². The van der Waals surface area contributed by atoms with Crippen LogP contribution < -0.4 is 0 Å². The molecule has 1 aromatic heterocycles. The Balaban J connectivity index is 2.37. The number of fused-ring (bicyclic) bond motifs is 1. The van der Waals surface area contributed by atoms with Crippen LogP contribution in [0.25, 0.3) is 22.2 Å². The van der Waals surface area contributed by atoms with Gasteiger partial charge in [0.1, 0.15) is 5.82 Å². The Labute approximate surface area is 122 Å². The van der Waals surface area contributed by atoms with Crippen LogP contribution in [0.5, 0.6) is 0 Å². The Bertz CT molecular complexity index is 861. The average molecular weight is 281 g/mol. The lowest BCUT2D eigenvalue weighted by Gasteiger charge is -2.04. The van der Waals surface area contributed by atoms with E-state index in [4.69, 9.17) is 0 Å². The van der Waals surface area contributed by atoms with Gasteiger partial charge in [-0.05, 0) is 55.2 Å². The van der Waals surface area contributed by atoms with Crippen molar-refractivity contribution in [2.75, 3.05) is 0 Å². The maximum absolute atomic E-state index is 14.1. The highest BCUT2D eigenvalue weighted by Crippen LogP contribution is 2.33. The van der Waals surface area contributed by atoms with Crippen LogP contribution in [0, 0.1) is 26.6 Å². The average Bonchev–Trinajstić information content (AvgIpc) is 2.86. The van der Waals surface area contributed by atoms with Gasteiger partial charge < -0.3 is 4.98 Å². The summed E-state index contributed by atoms with van der Waals surface area (Å²) in [5.41, 5.74) is 5.89. The molecule has 0 unspecified atom stereocenters. The number of aromatic nitrogens is 1. The number of carbonyl (C=O) groups is 1. The van der Waals surface area contributed by atoms with Crippen molar-refractivity contribution in [2.24, 2.45) is 0 Å². The summed E-state index contributed by atoms with van der Waals surface area (Å²) in [5.74, 6) is -0.371. The molecule has 0 amide bonds. The van der Waals surface area contributed by atoms with Crippen LogP contribution >= 0.6 is 0 Å². The summed E-state index contributed by atoms with van der Waals surface area (Å²) in [6.07, 6.45) is 0.728. The van der Waals surface area contributed by atoms with E-state index >= 15 is 0 Å². The zero-order chi connectivity index (χ0) is 15.1. The van der Waals surface area contributed by atoms with Gasteiger partial charge in [-0.3, -0.25) is 4.79 Å². The molecule has 0 saturated carbocycles. The number of hydrogen-bond acceptors (Lipinski definition) is 1. The number of benzene rings is 2. The monoisotopic (exact) mass is 281 g/mol. The van der Waals surface area contributed by atoms with E-state index in [2.05, 4.69) is 4.98 Å². The van der Waals surface area contributed by atoms with E-state index in [1.54, 1.807) is 6.07 Å². The molecule has 1 N–H and O–H groups in total. The van der Waals surface area contributed by atoms with Gasteiger partial charge in [-0.1, -0.05) is 18.2 Å². The predicted octanol–water partition coefficient (Wildman–Crippen LogP) is 4.71. The van der Waals surface area contributed by atoms with Gasteiger partial charge in [0.2, 0.25) is 0 Å². The fourth-order valence-corrected chi connectivity index (χ4v) is 2.67. The summed E-state index contributed by atoms with van der Waals surface area (Å²) >= 11 is 0. The third kappa shape index (κ3) is 2.05. The van der Waals surface area contributed by atoms with Crippen molar-refractivity contribution in [3.05, 3.63) is 58.4 Å². The molecule has 3 rings (SSSR count). The van der Waals surface area contributed by atoms with E-state index in [9.17, 15) is 9.18 Å². The molecule has 0 spiro atoms. The standard InChI is InChI=1S/C18H16FNO/c1-10-4-6-13(8-12(10)3)18-14(9-21)16-15(19)7-5-11(2)17(16)20-18/h4-9,20H,1-3H3. The number of hydrogen-bond donors (Lipinski definition) is 1. The quantitative estimate of drug-likeness (QED) is 0.678. The van der Waals surface area contributed by atoms with Gasteiger partial charge in [-0.2, -0.15) is 0 Å². The number of aryl methyl sites for hydroxylation is 3. The van der Waals surface area contributed by atoms with Crippen LogP contribution in [-0.4, -0.2) is 11.3 Å². The van der Waals surface area contributed by atoms with Gasteiger partial charge in [-0.25, -0.2) is 4.39 Å². The Hall–Kier alpha value is -2.42. The van der Waals surface area contributed by atoms with Crippen LogP contribution in [0.15, 0.2) is 30.3 Å². The molecule has 0 saturated heterocycles. The molecular weight excluding hydrogens is 265 g/mol. The highest BCUT2D eigenvalue weighted by atomic mass is 19.1. The van der Waals surface area contributed by atoms with Crippen LogP contribution in [0.2, 0.25) is 0 Å². The lowest BCUT2D eigenvalue weighted by Crippen LogP contribution is -1.88. The van der Waals surface area contributed by atoms with Gasteiger partial charge in [-0.15, -0.1) is 0 Å². The number of aromatic amines is 1. The van der Waals surface area contributed by atoms with E-state index in [0.717, 1.165) is 23.0 Å². The maximum atomic E-state index is 14.1. The first-order valence-corrected chi connectivity index (χ1v) is 6.86. The summed E-state index contributed by atoms with van der Waals surface area (Å²) in [6.45, 7) is 5.96. The first-order chi connectivity index (χ1) is 10.0. The largest absolute Gasteiger partial charge is 0.354 e. The van der Waals surface area contributed by atoms with E-state index in [1.807, 2.05) is 39.0 Å². The molecule has 0 radical (unpaired) electrons. The lowest BCUT2D eigenvalue weighted by molar-refractivity contribution is 0.112. The van der Waals surface area contributed by atoms with Crippen LogP contribution in [-0.2, 0) is 0 Å². The number of carbonyl (C=O) groups excluding carboxylic acids is 1. The summed E-state index contributed by atoms with van der Waals surface area (Å²) in [7, 11) is 0. The van der Waals surface area contributed by atoms with Crippen LogP contribution in [0.3, 0.4) is 0 Å². The first kappa shape index (κ1) is 13.6. The zero-order valence-corrected chi connectivity index (χ0v) is 12.3. The van der Waals surface area contributed by atoms with Crippen molar-refractivity contribution < 1.29 is 9.18 Å². The molecule has 0 aliphatic heterocycles. The number of aldehydes is 1.